The maximum Gasteiger partial charge on any atom is 0.407 e. The minimum atomic E-state index is -1.28. The molecule has 0 aromatic heterocycles. The van der Waals surface area contributed by atoms with Gasteiger partial charge in [-0.05, 0) is 53.9 Å². The second-order valence-electron chi connectivity index (χ2n) is 9.83. The van der Waals surface area contributed by atoms with E-state index in [1.165, 1.54) is 0 Å². The van der Waals surface area contributed by atoms with Crippen LogP contribution in [0.15, 0.2) is 48.5 Å². The summed E-state index contributed by atoms with van der Waals surface area (Å²) in [5.41, 5.74) is 3.28. The number of benzene rings is 2. The molecule has 7 nitrogen and oxygen atoms in total. The molecule has 34 heavy (non-hydrogen) atoms. The third-order valence-electron chi connectivity index (χ3n) is 7.17. The van der Waals surface area contributed by atoms with Gasteiger partial charge in [-0.2, -0.15) is 0 Å². The van der Waals surface area contributed by atoms with Crippen molar-refractivity contribution in [3.05, 3.63) is 59.7 Å². The lowest BCUT2D eigenvalue weighted by atomic mass is 9.90. The van der Waals surface area contributed by atoms with Gasteiger partial charge in [-0.3, -0.25) is 4.79 Å². The average Bonchev–Trinajstić information content (AvgIpc) is 3.61. The lowest BCUT2D eigenvalue weighted by molar-refractivity contribution is -0.148. The van der Waals surface area contributed by atoms with Gasteiger partial charge in [-0.25, -0.2) is 9.59 Å². The maximum absolute atomic E-state index is 12.9. The molecule has 0 bridgehead atoms. The summed E-state index contributed by atoms with van der Waals surface area (Å²) >= 11 is 0. The molecular weight excluding hydrogens is 432 g/mol. The van der Waals surface area contributed by atoms with Gasteiger partial charge in [0.1, 0.15) is 12.1 Å². The Balaban J connectivity index is 1.35. The minimum absolute atomic E-state index is 0.0443. The Morgan fingerprint density at radius 1 is 1.03 bits per heavy atom. The Labute approximate surface area is 199 Å². The highest BCUT2D eigenvalue weighted by atomic mass is 16.5. The molecule has 2 aromatic rings. The van der Waals surface area contributed by atoms with Crippen molar-refractivity contribution in [1.82, 2.24) is 10.6 Å². The van der Waals surface area contributed by atoms with Crippen molar-refractivity contribution in [1.29, 1.82) is 0 Å². The van der Waals surface area contributed by atoms with E-state index in [1.54, 1.807) is 6.92 Å². The summed E-state index contributed by atoms with van der Waals surface area (Å²) in [4.78, 5) is 37.2. The van der Waals surface area contributed by atoms with E-state index in [4.69, 9.17) is 4.74 Å². The summed E-state index contributed by atoms with van der Waals surface area (Å²) < 4.78 is 5.56. The molecule has 7 heteroatoms. The van der Waals surface area contributed by atoms with Gasteiger partial charge in [0, 0.05) is 12.5 Å². The highest BCUT2D eigenvalue weighted by molar-refractivity contribution is 5.89. The van der Waals surface area contributed by atoms with Crippen molar-refractivity contribution in [2.45, 2.75) is 45.1 Å². The number of hydrogen-bond donors (Lipinski definition) is 3. The summed E-state index contributed by atoms with van der Waals surface area (Å²) in [6.45, 7) is 5.57. The smallest absolute Gasteiger partial charge is 0.407 e. The molecule has 3 N–H and O–H groups in total. The number of aliphatic carboxylic acids is 1. The standard InChI is InChI=1S/C27H32N2O5/c1-16(2)22(24(30)29-27(3,25(31)32)17-12-13-17)14-28-26(33)34-15-23-20-10-6-4-8-18(20)19-9-5-7-11-21(19)23/h4-11,16-17,22-23H,12-15H2,1-3H3,(H,28,33)(H,29,30)(H,31,32). The first-order valence-corrected chi connectivity index (χ1v) is 11.9. The molecule has 4 rings (SSSR count). The number of carboxylic acid groups (broad SMARTS) is 1. The Hall–Kier alpha value is -3.35. The number of nitrogens with one attached hydrogen (secondary N) is 2. The van der Waals surface area contributed by atoms with Crippen LogP contribution in [0.3, 0.4) is 0 Å². The third kappa shape index (κ3) is 4.65. The fraction of sp³-hybridized carbons (Fsp3) is 0.444. The van der Waals surface area contributed by atoms with Gasteiger partial charge < -0.3 is 20.5 Å². The van der Waals surface area contributed by atoms with Crippen LogP contribution in [0.1, 0.15) is 50.7 Å². The predicted molar refractivity (Wildman–Crippen MR) is 128 cm³/mol. The Morgan fingerprint density at radius 3 is 2.09 bits per heavy atom. The number of carbonyl (C=O) groups is 3. The third-order valence-corrected chi connectivity index (χ3v) is 7.17. The number of rotatable bonds is 9. The molecule has 2 amide bonds. The van der Waals surface area contributed by atoms with Crippen LogP contribution in [0.2, 0.25) is 0 Å². The van der Waals surface area contributed by atoms with Crippen LogP contribution >= 0.6 is 0 Å². The summed E-state index contributed by atoms with van der Waals surface area (Å²) in [5, 5.41) is 15.1. The monoisotopic (exact) mass is 464 g/mol. The largest absolute Gasteiger partial charge is 0.480 e. The first-order valence-electron chi connectivity index (χ1n) is 11.9. The van der Waals surface area contributed by atoms with Gasteiger partial charge in [0.05, 0.1) is 5.92 Å². The molecule has 0 heterocycles. The quantitative estimate of drug-likeness (QED) is 0.517. The highest BCUT2D eigenvalue weighted by Crippen LogP contribution is 2.44. The van der Waals surface area contributed by atoms with Gasteiger partial charge >= 0.3 is 12.1 Å². The zero-order valence-electron chi connectivity index (χ0n) is 19.8. The number of alkyl carbamates (subject to hydrolysis) is 1. The zero-order chi connectivity index (χ0) is 24.5. The summed E-state index contributed by atoms with van der Waals surface area (Å²) in [6.07, 6.45) is 0.976. The maximum atomic E-state index is 12.9. The Morgan fingerprint density at radius 2 is 1.59 bits per heavy atom. The molecule has 0 radical (unpaired) electrons. The summed E-state index contributed by atoms with van der Waals surface area (Å²) in [5.74, 6) is -2.17. The van der Waals surface area contributed by atoms with Crippen LogP contribution in [0.5, 0.6) is 0 Å². The van der Waals surface area contributed by atoms with Crippen molar-refractivity contribution in [3.8, 4) is 11.1 Å². The lowest BCUT2D eigenvalue weighted by Gasteiger charge is -2.30. The topological polar surface area (TPSA) is 105 Å². The van der Waals surface area contributed by atoms with E-state index < -0.39 is 23.5 Å². The second-order valence-corrected chi connectivity index (χ2v) is 9.83. The van der Waals surface area contributed by atoms with Gasteiger partial charge in [0.15, 0.2) is 0 Å². The van der Waals surface area contributed by atoms with Crippen molar-refractivity contribution in [3.63, 3.8) is 0 Å². The van der Waals surface area contributed by atoms with Crippen molar-refractivity contribution >= 4 is 18.0 Å². The molecule has 1 saturated carbocycles. The van der Waals surface area contributed by atoms with Crippen molar-refractivity contribution in [2.24, 2.45) is 17.8 Å². The van der Waals surface area contributed by atoms with Crippen molar-refractivity contribution in [2.75, 3.05) is 13.2 Å². The Bertz CT molecular complexity index is 1050. The molecule has 0 spiro atoms. The van der Waals surface area contributed by atoms with Crippen LogP contribution in [-0.4, -0.2) is 41.8 Å². The molecule has 1 fully saturated rings. The first-order chi connectivity index (χ1) is 16.2. The van der Waals surface area contributed by atoms with Gasteiger partial charge in [0.2, 0.25) is 5.91 Å². The summed E-state index contributed by atoms with van der Waals surface area (Å²) in [7, 11) is 0. The zero-order valence-corrected chi connectivity index (χ0v) is 19.8. The highest BCUT2D eigenvalue weighted by Gasteiger charge is 2.49. The summed E-state index contributed by atoms with van der Waals surface area (Å²) in [6, 6.07) is 16.2. The number of hydrogen-bond acceptors (Lipinski definition) is 4. The molecular formula is C27H32N2O5. The fourth-order valence-electron chi connectivity index (χ4n) is 4.81. The number of amides is 2. The molecule has 180 valence electrons. The van der Waals surface area contributed by atoms with Gasteiger partial charge in [0.25, 0.3) is 0 Å². The van der Waals surface area contributed by atoms with Gasteiger partial charge in [-0.15, -0.1) is 0 Å². The SMILES string of the molecule is CC(C)C(CNC(=O)OCC1c2ccccc2-c2ccccc21)C(=O)NC(C)(C(=O)O)C1CC1. The molecule has 2 aromatic carbocycles. The number of ether oxygens (including phenoxy) is 1. The van der Waals surface area contributed by atoms with E-state index in [0.717, 1.165) is 35.1 Å². The first kappa shape index (κ1) is 23.8. The Kier molecular flexibility index (Phi) is 6.64. The van der Waals surface area contributed by atoms with E-state index in [9.17, 15) is 19.5 Å². The van der Waals surface area contributed by atoms with E-state index in [2.05, 4.69) is 34.9 Å². The molecule has 2 atom stereocenters. The van der Waals surface area contributed by atoms with E-state index in [0.29, 0.717) is 0 Å². The van der Waals surface area contributed by atoms with Gasteiger partial charge in [-0.1, -0.05) is 62.4 Å². The van der Waals surface area contributed by atoms with E-state index in [-0.39, 0.29) is 36.8 Å². The fourth-order valence-corrected chi connectivity index (χ4v) is 4.81. The molecule has 0 aliphatic heterocycles. The number of carboxylic acids is 1. The average molecular weight is 465 g/mol. The number of fused-ring (bicyclic) bond motifs is 3. The lowest BCUT2D eigenvalue weighted by Crippen LogP contribution is -2.57. The van der Waals surface area contributed by atoms with Crippen molar-refractivity contribution < 1.29 is 24.2 Å². The van der Waals surface area contributed by atoms with E-state index in [1.807, 2.05) is 38.1 Å². The predicted octanol–water partition coefficient (Wildman–Crippen LogP) is 4.17. The minimum Gasteiger partial charge on any atom is -0.480 e. The molecule has 2 aliphatic rings. The van der Waals surface area contributed by atoms with Crippen LogP contribution in [0, 0.1) is 17.8 Å². The molecule has 0 saturated heterocycles. The van der Waals surface area contributed by atoms with Crippen LogP contribution < -0.4 is 10.6 Å². The normalized spacial score (nSPS) is 17.3. The van der Waals surface area contributed by atoms with Crippen LogP contribution in [0.4, 0.5) is 4.79 Å². The van der Waals surface area contributed by atoms with E-state index >= 15 is 0 Å². The van der Waals surface area contributed by atoms with Crippen LogP contribution in [-0.2, 0) is 14.3 Å². The second kappa shape index (κ2) is 9.49. The molecule has 2 unspecified atom stereocenters. The molecule has 2 aliphatic carbocycles. The number of carbonyl (C=O) groups excluding carboxylic acids is 2. The van der Waals surface area contributed by atoms with Crippen LogP contribution in [0.25, 0.3) is 11.1 Å².